The predicted octanol–water partition coefficient (Wildman–Crippen LogP) is 7.15. The number of hydrogen-bond acceptors (Lipinski definition) is 7. The zero-order valence-electron chi connectivity index (χ0n) is 28.7. The third kappa shape index (κ3) is 7.98. The lowest BCUT2D eigenvalue weighted by molar-refractivity contribution is -0.142. The van der Waals surface area contributed by atoms with E-state index in [1.165, 1.54) is 25.8 Å². The van der Waals surface area contributed by atoms with E-state index < -0.39 is 77.6 Å². The number of amides is 1. The Bertz CT molecular complexity index is 2260. The molecule has 0 spiro atoms. The number of carbonyl (C=O) groups excluding carboxylic acids is 1. The number of nitrogens with zero attached hydrogens (tertiary/aromatic N) is 5. The summed E-state index contributed by atoms with van der Waals surface area (Å²) in [4.78, 5) is 23.1. The van der Waals surface area contributed by atoms with E-state index in [1.807, 2.05) is 16.7 Å². The van der Waals surface area contributed by atoms with Crippen molar-refractivity contribution in [3.05, 3.63) is 99.9 Å². The molecule has 1 aromatic carbocycles. The van der Waals surface area contributed by atoms with Crippen LogP contribution in [0.1, 0.15) is 66.0 Å². The van der Waals surface area contributed by atoms with Gasteiger partial charge in [-0.3, -0.25) is 13.9 Å². The Labute approximate surface area is 303 Å². The molecule has 4 aromatic heterocycles. The molecule has 17 heteroatoms. The third-order valence-electron chi connectivity index (χ3n) is 8.40. The summed E-state index contributed by atoms with van der Waals surface area (Å²) in [6.07, 6.45) is -4.98. The van der Waals surface area contributed by atoms with Crippen LogP contribution in [0.15, 0.2) is 48.5 Å². The van der Waals surface area contributed by atoms with Gasteiger partial charge in [-0.25, -0.2) is 18.7 Å². The SMILES string of the molecule is CSNc1nc(C)n2c(-c3ccc(C#CC(C)(C)O)nc3C(Cc3cc(F)cc(F)c3)NC(=O)Cn3nc(C(F)(F)F)c4c3C(F)(F)CC4)cccc12. The molecule has 0 saturated carbocycles. The van der Waals surface area contributed by atoms with E-state index in [2.05, 4.69) is 32.0 Å². The molecule has 1 aliphatic rings. The van der Waals surface area contributed by atoms with Crippen molar-refractivity contribution in [2.75, 3.05) is 11.0 Å². The highest BCUT2D eigenvalue weighted by atomic mass is 32.2. The molecule has 4 heterocycles. The third-order valence-corrected chi connectivity index (χ3v) is 8.80. The molecule has 0 radical (unpaired) electrons. The van der Waals surface area contributed by atoms with Crippen LogP contribution in [0.3, 0.4) is 0 Å². The van der Waals surface area contributed by atoms with Crippen LogP contribution in [0.5, 0.6) is 0 Å². The number of nitrogens with one attached hydrogen (secondary N) is 2. The van der Waals surface area contributed by atoms with Crippen molar-refractivity contribution in [3.63, 3.8) is 0 Å². The first-order chi connectivity index (χ1) is 24.8. The largest absolute Gasteiger partial charge is 0.435 e. The van der Waals surface area contributed by atoms with Gasteiger partial charge < -0.3 is 15.1 Å². The number of fused-ring (bicyclic) bond motifs is 2. The Balaban J connectivity index is 1.51. The molecule has 278 valence electrons. The van der Waals surface area contributed by atoms with E-state index in [9.17, 15) is 40.6 Å². The average Bonchev–Trinajstić information content (AvgIpc) is 3.70. The van der Waals surface area contributed by atoms with Crippen LogP contribution < -0.4 is 10.0 Å². The van der Waals surface area contributed by atoms with Crippen molar-refractivity contribution < 1.29 is 40.6 Å². The van der Waals surface area contributed by atoms with E-state index in [-0.39, 0.29) is 23.4 Å². The number of pyridine rings is 2. The first kappa shape index (κ1) is 37.7. The van der Waals surface area contributed by atoms with Gasteiger partial charge in [0.25, 0.3) is 5.92 Å². The molecule has 5 aromatic rings. The Hall–Kier alpha value is -5.08. The fraction of sp³-hybridized carbons (Fsp3) is 0.333. The molecule has 0 saturated heterocycles. The molecule has 6 rings (SSSR count). The van der Waals surface area contributed by atoms with Gasteiger partial charge in [0, 0.05) is 29.9 Å². The summed E-state index contributed by atoms with van der Waals surface area (Å²) in [5, 5.41) is 16.3. The zero-order chi connectivity index (χ0) is 38.5. The molecule has 9 nitrogen and oxygen atoms in total. The van der Waals surface area contributed by atoms with Crippen LogP contribution in [-0.2, 0) is 36.3 Å². The Morgan fingerprint density at radius 1 is 1.09 bits per heavy atom. The summed E-state index contributed by atoms with van der Waals surface area (Å²) in [5.41, 5.74) is -2.68. The molecule has 1 amide bonds. The second kappa shape index (κ2) is 14.0. The predicted molar refractivity (Wildman–Crippen MR) is 184 cm³/mol. The van der Waals surface area contributed by atoms with E-state index in [0.29, 0.717) is 39.2 Å². The lowest BCUT2D eigenvalue weighted by atomic mass is 9.96. The topological polar surface area (TPSA) is 109 Å². The van der Waals surface area contributed by atoms with Gasteiger partial charge in [-0.2, -0.15) is 27.1 Å². The second-order valence-electron chi connectivity index (χ2n) is 13.0. The Morgan fingerprint density at radius 3 is 2.47 bits per heavy atom. The van der Waals surface area contributed by atoms with Gasteiger partial charge in [0.15, 0.2) is 11.5 Å². The van der Waals surface area contributed by atoms with Crippen molar-refractivity contribution >= 4 is 29.2 Å². The summed E-state index contributed by atoms with van der Waals surface area (Å²) in [6, 6.07) is 10.0. The van der Waals surface area contributed by atoms with E-state index in [1.54, 1.807) is 31.2 Å². The van der Waals surface area contributed by atoms with Gasteiger partial charge in [0.2, 0.25) is 5.91 Å². The first-order valence-electron chi connectivity index (χ1n) is 16.2. The van der Waals surface area contributed by atoms with Crippen LogP contribution in [-0.4, -0.2) is 47.0 Å². The summed E-state index contributed by atoms with van der Waals surface area (Å²) in [5.74, 6) is 0.0319. The van der Waals surface area contributed by atoms with Gasteiger partial charge >= 0.3 is 6.18 Å². The minimum atomic E-state index is -5.04. The molecule has 0 fully saturated rings. The van der Waals surface area contributed by atoms with Crippen molar-refractivity contribution in [3.8, 4) is 23.1 Å². The van der Waals surface area contributed by atoms with Crippen LogP contribution in [0.4, 0.5) is 36.6 Å². The maximum absolute atomic E-state index is 14.9. The minimum Gasteiger partial charge on any atom is -0.378 e. The Kier molecular flexibility index (Phi) is 9.99. The molecule has 3 N–H and O–H groups in total. The summed E-state index contributed by atoms with van der Waals surface area (Å²) < 4.78 is 105. The lowest BCUT2D eigenvalue weighted by Crippen LogP contribution is -2.35. The molecule has 53 heavy (non-hydrogen) atoms. The molecule has 1 aliphatic carbocycles. The summed E-state index contributed by atoms with van der Waals surface area (Å²) in [7, 11) is 0. The van der Waals surface area contributed by atoms with E-state index in [4.69, 9.17) is 4.98 Å². The van der Waals surface area contributed by atoms with Gasteiger partial charge in [0.1, 0.15) is 41.0 Å². The molecule has 0 bridgehead atoms. The normalized spacial score (nSPS) is 14.5. The van der Waals surface area contributed by atoms with Gasteiger partial charge in [-0.05, 0) is 81.5 Å². The van der Waals surface area contributed by atoms with Crippen molar-refractivity contribution in [2.24, 2.45) is 0 Å². The Morgan fingerprint density at radius 2 is 1.81 bits per heavy atom. The number of carbonyl (C=O) groups is 1. The van der Waals surface area contributed by atoms with Crippen molar-refractivity contribution in [1.82, 2.24) is 29.5 Å². The number of aryl methyl sites for hydroxylation is 1. The van der Waals surface area contributed by atoms with Crippen LogP contribution in [0.2, 0.25) is 0 Å². The zero-order valence-corrected chi connectivity index (χ0v) is 29.5. The molecule has 1 atom stereocenters. The van der Waals surface area contributed by atoms with Crippen LogP contribution in [0, 0.1) is 30.4 Å². The number of benzene rings is 1. The molecule has 1 unspecified atom stereocenters. The number of halogens is 7. The standard InChI is InChI=1S/C36H32F7N7O2S/c1-19-44-33(48-53-4)28-7-5-6-27(50(19)28)24-9-8-23(10-12-34(2,3)52)45-30(24)26(16-20-14-21(37)17-22(38)15-20)46-29(51)18-49-32-25(11-13-35(32,39)40)31(47-49)36(41,42)43/h5-9,14-15,17,26,48,52H,11,13,16,18H2,1-4H3,(H,46,51). The number of hydrogen-bond donors (Lipinski definition) is 3. The van der Waals surface area contributed by atoms with Crippen LogP contribution in [0.25, 0.3) is 16.8 Å². The quantitative estimate of drug-likeness (QED) is 0.0833. The number of anilines is 1. The maximum atomic E-state index is 14.9. The average molecular weight is 760 g/mol. The number of alkyl halides is 5. The van der Waals surface area contributed by atoms with Crippen LogP contribution >= 0.6 is 11.9 Å². The molecular weight excluding hydrogens is 727 g/mol. The fourth-order valence-electron chi connectivity index (χ4n) is 6.38. The van der Waals surface area contributed by atoms with Gasteiger partial charge in [0.05, 0.1) is 22.9 Å². The summed E-state index contributed by atoms with van der Waals surface area (Å²) in [6.45, 7) is 3.65. The van der Waals surface area contributed by atoms with Crippen molar-refractivity contribution in [2.45, 2.75) is 70.3 Å². The lowest BCUT2D eigenvalue weighted by Gasteiger charge is -2.23. The number of aliphatic hydroxyl groups is 1. The van der Waals surface area contributed by atoms with Gasteiger partial charge in [-0.1, -0.05) is 23.9 Å². The summed E-state index contributed by atoms with van der Waals surface area (Å²) >= 11 is 1.32. The van der Waals surface area contributed by atoms with E-state index in [0.717, 1.165) is 12.1 Å². The highest BCUT2D eigenvalue weighted by Crippen LogP contribution is 2.46. The number of aromatic nitrogens is 5. The fourth-order valence-corrected chi connectivity index (χ4v) is 6.73. The second-order valence-corrected chi connectivity index (χ2v) is 13.6. The first-order valence-corrected chi connectivity index (χ1v) is 17.4. The number of imidazole rings is 1. The van der Waals surface area contributed by atoms with E-state index >= 15 is 0 Å². The monoisotopic (exact) mass is 759 g/mol. The minimum absolute atomic E-state index is 0.0721. The smallest absolute Gasteiger partial charge is 0.378 e. The molecule has 0 aliphatic heterocycles. The maximum Gasteiger partial charge on any atom is 0.435 e. The van der Waals surface area contributed by atoms with Gasteiger partial charge in [-0.15, -0.1) is 0 Å². The molecular formula is C36H32F7N7O2S. The van der Waals surface area contributed by atoms with Crippen molar-refractivity contribution in [1.29, 1.82) is 0 Å². The highest BCUT2D eigenvalue weighted by Gasteiger charge is 2.50. The number of rotatable bonds is 9. The highest BCUT2D eigenvalue weighted by molar-refractivity contribution is 7.99.